The van der Waals surface area contributed by atoms with E-state index in [1.54, 1.807) is 21.3 Å². The molecule has 1 aromatic carbocycles. The fourth-order valence-electron chi connectivity index (χ4n) is 1.98. The van der Waals surface area contributed by atoms with Crippen molar-refractivity contribution in [1.29, 1.82) is 0 Å². The van der Waals surface area contributed by atoms with Crippen molar-refractivity contribution in [3.63, 3.8) is 0 Å². The maximum atomic E-state index is 5.33. The zero-order valence-electron chi connectivity index (χ0n) is 12.9. The predicted molar refractivity (Wildman–Crippen MR) is 88.0 cm³/mol. The molecule has 0 aliphatic heterocycles. The summed E-state index contributed by atoms with van der Waals surface area (Å²) in [5.41, 5.74) is 1.67. The van der Waals surface area contributed by atoms with E-state index in [0.717, 1.165) is 15.9 Å². The molecular formula is C15H18BrN3O3. The predicted octanol–water partition coefficient (Wildman–Crippen LogP) is 3.45. The summed E-state index contributed by atoms with van der Waals surface area (Å²) in [5.74, 6) is 2.65. The highest BCUT2D eigenvalue weighted by atomic mass is 79.9. The van der Waals surface area contributed by atoms with Gasteiger partial charge in [0.1, 0.15) is 28.4 Å². The molecule has 1 N–H and O–H groups in total. The van der Waals surface area contributed by atoms with Crippen molar-refractivity contribution in [2.45, 2.75) is 13.5 Å². The molecule has 0 fully saturated rings. The molecule has 0 atom stereocenters. The lowest BCUT2D eigenvalue weighted by Gasteiger charge is -2.13. The molecule has 6 nitrogen and oxygen atoms in total. The van der Waals surface area contributed by atoms with E-state index < -0.39 is 0 Å². The summed E-state index contributed by atoms with van der Waals surface area (Å²) in [6, 6.07) is 5.58. The van der Waals surface area contributed by atoms with E-state index in [1.165, 1.54) is 0 Å². The van der Waals surface area contributed by atoms with Gasteiger partial charge >= 0.3 is 0 Å². The minimum Gasteiger partial charge on any atom is -0.495 e. The highest BCUT2D eigenvalue weighted by molar-refractivity contribution is 9.10. The number of ether oxygens (including phenoxy) is 3. The molecule has 0 aliphatic carbocycles. The van der Waals surface area contributed by atoms with E-state index in [4.69, 9.17) is 14.2 Å². The maximum Gasteiger partial charge on any atom is 0.156 e. The first-order valence-electron chi connectivity index (χ1n) is 6.59. The largest absolute Gasteiger partial charge is 0.495 e. The number of nitrogens with one attached hydrogen (secondary N) is 1. The molecule has 0 saturated carbocycles. The number of aryl methyl sites for hydroxylation is 1. The first kappa shape index (κ1) is 16.5. The molecule has 0 bridgehead atoms. The normalized spacial score (nSPS) is 10.4. The Labute approximate surface area is 138 Å². The molecule has 0 radical (unpaired) electrons. The standard InChI is InChI=1S/C15H18BrN3O3/c1-9-5-13(19-14(17-9)8-20-2)18-10-6-11(21-3)15(16)12(7-10)22-4/h5-7H,8H2,1-4H3,(H,17,18,19). The molecule has 118 valence electrons. The lowest BCUT2D eigenvalue weighted by atomic mass is 10.2. The van der Waals surface area contributed by atoms with Gasteiger partial charge in [-0.15, -0.1) is 0 Å². The van der Waals surface area contributed by atoms with Gasteiger partial charge in [0.2, 0.25) is 0 Å². The van der Waals surface area contributed by atoms with Gasteiger partial charge in [0.15, 0.2) is 5.82 Å². The van der Waals surface area contributed by atoms with Crippen LogP contribution in [0.15, 0.2) is 22.7 Å². The molecule has 1 heterocycles. The average Bonchev–Trinajstić information content (AvgIpc) is 2.48. The van der Waals surface area contributed by atoms with E-state index >= 15 is 0 Å². The van der Waals surface area contributed by atoms with Crippen molar-refractivity contribution in [1.82, 2.24) is 9.97 Å². The summed E-state index contributed by atoms with van der Waals surface area (Å²) in [5, 5.41) is 3.23. The topological polar surface area (TPSA) is 65.5 Å². The smallest absolute Gasteiger partial charge is 0.156 e. The van der Waals surface area contributed by atoms with Crippen LogP contribution in [0.3, 0.4) is 0 Å². The number of hydrogen-bond donors (Lipinski definition) is 1. The maximum absolute atomic E-state index is 5.33. The van der Waals surface area contributed by atoms with E-state index in [0.29, 0.717) is 29.7 Å². The Bertz CT molecular complexity index is 639. The number of hydrogen-bond acceptors (Lipinski definition) is 6. The fraction of sp³-hybridized carbons (Fsp3) is 0.333. The molecule has 0 unspecified atom stereocenters. The highest BCUT2D eigenvalue weighted by Crippen LogP contribution is 2.38. The molecule has 0 spiro atoms. The molecule has 7 heteroatoms. The van der Waals surface area contributed by atoms with E-state index in [-0.39, 0.29) is 0 Å². The quantitative estimate of drug-likeness (QED) is 0.843. The van der Waals surface area contributed by atoms with Crippen LogP contribution in [0.5, 0.6) is 11.5 Å². The summed E-state index contributed by atoms with van der Waals surface area (Å²) in [7, 11) is 4.83. The third kappa shape index (κ3) is 3.86. The van der Waals surface area contributed by atoms with E-state index in [2.05, 4.69) is 31.2 Å². The first-order valence-corrected chi connectivity index (χ1v) is 7.38. The van der Waals surface area contributed by atoms with Crippen LogP contribution in [0, 0.1) is 6.92 Å². The lowest BCUT2D eigenvalue weighted by Crippen LogP contribution is -2.03. The second kappa shape index (κ2) is 7.42. The highest BCUT2D eigenvalue weighted by Gasteiger charge is 2.11. The van der Waals surface area contributed by atoms with Gasteiger partial charge in [-0.3, -0.25) is 0 Å². The third-order valence-electron chi connectivity index (χ3n) is 2.89. The van der Waals surface area contributed by atoms with Crippen LogP contribution < -0.4 is 14.8 Å². The van der Waals surface area contributed by atoms with Crippen LogP contribution in [0.1, 0.15) is 11.5 Å². The van der Waals surface area contributed by atoms with E-state index in [9.17, 15) is 0 Å². The average molecular weight is 368 g/mol. The monoisotopic (exact) mass is 367 g/mol. The fourth-order valence-corrected chi connectivity index (χ4v) is 2.53. The van der Waals surface area contributed by atoms with Crippen LogP contribution in [0.25, 0.3) is 0 Å². The summed E-state index contributed by atoms with van der Waals surface area (Å²) >= 11 is 3.45. The number of benzene rings is 1. The first-order chi connectivity index (χ1) is 10.6. The van der Waals surface area contributed by atoms with Crippen LogP contribution in [-0.2, 0) is 11.3 Å². The molecule has 2 aromatic rings. The second-order valence-electron chi connectivity index (χ2n) is 4.56. The number of halogens is 1. The molecule has 0 saturated heterocycles. The van der Waals surface area contributed by atoms with Crippen LogP contribution in [0.2, 0.25) is 0 Å². The van der Waals surface area contributed by atoms with Crippen molar-refractivity contribution < 1.29 is 14.2 Å². The number of nitrogens with zero attached hydrogens (tertiary/aromatic N) is 2. The summed E-state index contributed by atoms with van der Waals surface area (Å²) in [4.78, 5) is 8.73. The molecule has 0 aliphatic rings. The summed E-state index contributed by atoms with van der Waals surface area (Å²) < 4.78 is 16.5. The number of methoxy groups -OCH3 is 3. The zero-order chi connectivity index (χ0) is 16.1. The van der Waals surface area contributed by atoms with Gasteiger partial charge in [-0.1, -0.05) is 0 Å². The number of rotatable bonds is 6. The lowest BCUT2D eigenvalue weighted by molar-refractivity contribution is 0.177. The van der Waals surface area contributed by atoms with Crippen molar-refractivity contribution in [3.05, 3.63) is 34.2 Å². The third-order valence-corrected chi connectivity index (χ3v) is 3.67. The van der Waals surface area contributed by atoms with E-state index in [1.807, 2.05) is 25.1 Å². The van der Waals surface area contributed by atoms with Gasteiger partial charge in [-0.2, -0.15) is 0 Å². The molecule has 0 amide bonds. The second-order valence-corrected chi connectivity index (χ2v) is 5.36. The van der Waals surface area contributed by atoms with Crippen molar-refractivity contribution in [3.8, 4) is 11.5 Å². The van der Waals surface area contributed by atoms with Gasteiger partial charge < -0.3 is 19.5 Å². The van der Waals surface area contributed by atoms with Gasteiger partial charge in [-0.25, -0.2) is 9.97 Å². The van der Waals surface area contributed by atoms with Gasteiger partial charge in [0.05, 0.1) is 14.2 Å². The summed E-state index contributed by atoms with van der Waals surface area (Å²) in [6.07, 6.45) is 0. The zero-order valence-corrected chi connectivity index (χ0v) is 14.5. The minimum atomic E-state index is 0.364. The molecular weight excluding hydrogens is 350 g/mol. The Morgan fingerprint density at radius 3 is 2.23 bits per heavy atom. The van der Waals surface area contributed by atoms with Crippen LogP contribution in [-0.4, -0.2) is 31.3 Å². The van der Waals surface area contributed by atoms with Crippen LogP contribution >= 0.6 is 15.9 Å². The van der Waals surface area contributed by atoms with Gasteiger partial charge in [-0.05, 0) is 22.9 Å². The number of anilines is 2. The Morgan fingerprint density at radius 1 is 1.05 bits per heavy atom. The Hall–Kier alpha value is -1.86. The van der Waals surface area contributed by atoms with Crippen molar-refractivity contribution in [2.24, 2.45) is 0 Å². The Kier molecular flexibility index (Phi) is 5.57. The Morgan fingerprint density at radius 2 is 1.68 bits per heavy atom. The Balaban J connectivity index is 2.34. The van der Waals surface area contributed by atoms with Crippen molar-refractivity contribution >= 4 is 27.4 Å². The van der Waals surface area contributed by atoms with Crippen molar-refractivity contribution in [2.75, 3.05) is 26.6 Å². The minimum absolute atomic E-state index is 0.364. The number of aromatic nitrogens is 2. The molecule has 1 aromatic heterocycles. The van der Waals surface area contributed by atoms with Crippen LogP contribution in [0.4, 0.5) is 11.5 Å². The van der Waals surface area contributed by atoms with Gasteiger partial charge in [0, 0.05) is 36.7 Å². The molecule has 2 rings (SSSR count). The van der Waals surface area contributed by atoms with Gasteiger partial charge in [0.25, 0.3) is 0 Å². The SMILES string of the molecule is COCc1nc(C)cc(Nc2cc(OC)c(Br)c(OC)c2)n1. The summed E-state index contributed by atoms with van der Waals surface area (Å²) in [6.45, 7) is 2.28. The molecule has 22 heavy (non-hydrogen) atoms.